The standard InChI is InChI=1S/C13H24N2OS/c1-3-14-8-4-6-11(14)12-7-5-9-15(12)13(16)10-17-2/h11-12H,3-10H2,1-2H3/t11-,12-/m1/s1. The van der Waals surface area contributed by atoms with Crippen LogP contribution >= 0.6 is 11.8 Å². The van der Waals surface area contributed by atoms with Crippen molar-refractivity contribution in [2.45, 2.75) is 44.7 Å². The van der Waals surface area contributed by atoms with Gasteiger partial charge in [-0.15, -0.1) is 0 Å². The van der Waals surface area contributed by atoms with Gasteiger partial charge in [-0.2, -0.15) is 11.8 Å². The van der Waals surface area contributed by atoms with E-state index in [0.717, 1.165) is 13.1 Å². The minimum absolute atomic E-state index is 0.350. The Labute approximate surface area is 109 Å². The Kier molecular flexibility index (Phi) is 4.74. The molecule has 3 nitrogen and oxygen atoms in total. The molecule has 0 aromatic carbocycles. The Morgan fingerprint density at radius 2 is 1.94 bits per heavy atom. The average molecular weight is 256 g/mol. The summed E-state index contributed by atoms with van der Waals surface area (Å²) >= 11 is 1.64. The van der Waals surface area contributed by atoms with Gasteiger partial charge in [-0.1, -0.05) is 6.92 Å². The highest BCUT2D eigenvalue weighted by Crippen LogP contribution is 2.30. The smallest absolute Gasteiger partial charge is 0.232 e. The van der Waals surface area contributed by atoms with E-state index in [2.05, 4.69) is 16.7 Å². The number of hydrogen-bond acceptors (Lipinski definition) is 3. The molecule has 0 saturated carbocycles. The van der Waals surface area contributed by atoms with Gasteiger partial charge in [-0.3, -0.25) is 9.69 Å². The highest BCUT2D eigenvalue weighted by atomic mass is 32.2. The summed E-state index contributed by atoms with van der Waals surface area (Å²) < 4.78 is 0. The van der Waals surface area contributed by atoms with E-state index in [9.17, 15) is 4.79 Å². The summed E-state index contributed by atoms with van der Waals surface area (Å²) in [5, 5.41) is 0. The maximum Gasteiger partial charge on any atom is 0.232 e. The van der Waals surface area contributed by atoms with Gasteiger partial charge in [0.05, 0.1) is 5.75 Å². The monoisotopic (exact) mass is 256 g/mol. The highest BCUT2D eigenvalue weighted by Gasteiger charge is 2.38. The third-order valence-electron chi connectivity index (χ3n) is 4.15. The Morgan fingerprint density at radius 1 is 1.24 bits per heavy atom. The van der Waals surface area contributed by atoms with E-state index >= 15 is 0 Å². The third kappa shape index (κ3) is 2.79. The molecule has 0 bridgehead atoms. The van der Waals surface area contributed by atoms with Gasteiger partial charge in [0.2, 0.25) is 5.91 Å². The molecule has 0 spiro atoms. The van der Waals surface area contributed by atoms with Crippen molar-refractivity contribution >= 4 is 17.7 Å². The molecule has 0 radical (unpaired) electrons. The normalized spacial score (nSPS) is 30.1. The van der Waals surface area contributed by atoms with Gasteiger partial charge >= 0.3 is 0 Å². The molecule has 2 atom stereocenters. The Balaban J connectivity index is 2.01. The van der Waals surface area contributed by atoms with Crippen molar-refractivity contribution < 1.29 is 4.79 Å². The molecule has 0 aromatic heterocycles. The molecule has 2 aliphatic heterocycles. The summed E-state index contributed by atoms with van der Waals surface area (Å²) in [6, 6.07) is 1.13. The van der Waals surface area contributed by atoms with Crippen LogP contribution in [0, 0.1) is 0 Å². The Hall–Kier alpha value is -0.220. The topological polar surface area (TPSA) is 23.6 Å². The Morgan fingerprint density at radius 3 is 2.65 bits per heavy atom. The van der Waals surface area contributed by atoms with Gasteiger partial charge in [-0.25, -0.2) is 0 Å². The lowest BCUT2D eigenvalue weighted by Gasteiger charge is -2.34. The summed E-state index contributed by atoms with van der Waals surface area (Å²) in [7, 11) is 0. The SMILES string of the molecule is CCN1CCC[C@@H]1[C@H]1CCCN1C(=O)CSC. The number of hydrogen-bond donors (Lipinski definition) is 0. The first-order valence-electron chi connectivity index (χ1n) is 6.80. The molecule has 2 heterocycles. The van der Waals surface area contributed by atoms with Gasteiger partial charge in [-0.05, 0) is 45.0 Å². The van der Waals surface area contributed by atoms with E-state index in [-0.39, 0.29) is 0 Å². The summed E-state index contributed by atoms with van der Waals surface area (Å²) in [6.45, 7) is 5.58. The molecule has 0 aromatic rings. The van der Waals surface area contributed by atoms with E-state index < -0.39 is 0 Å². The van der Waals surface area contributed by atoms with Crippen LogP contribution in [0.1, 0.15) is 32.6 Å². The number of rotatable bonds is 4. The molecule has 17 heavy (non-hydrogen) atoms. The molecule has 2 fully saturated rings. The number of nitrogens with zero attached hydrogens (tertiary/aromatic N) is 2. The molecule has 0 unspecified atom stereocenters. The lowest BCUT2D eigenvalue weighted by Crippen LogP contribution is -2.48. The number of likely N-dealkylation sites (tertiary alicyclic amines) is 2. The van der Waals surface area contributed by atoms with Gasteiger partial charge in [0.25, 0.3) is 0 Å². The molecule has 2 saturated heterocycles. The first kappa shape index (κ1) is 13.2. The summed E-state index contributed by atoms with van der Waals surface area (Å²) in [5.41, 5.74) is 0. The zero-order valence-electron chi connectivity index (χ0n) is 11.0. The maximum absolute atomic E-state index is 12.1. The van der Waals surface area contributed by atoms with Crippen LogP contribution in [0.5, 0.6) is 0 Å². The molecule has 2 rings (SSSR count). The number of likely N-dealkylation sites (N-methyl/N-ethyl adjacent to an activating group) is 1. The molecule has 4 heteroatoms. The zero-order chi connectivity index (χ0) is 12.3. The third-order valence-corrected chi connectivity index (χ3v) is 4.69. The number of thioether (sulfide) groups is 1. The number of carbonyl (C=O) groups is 1. The second-order valence-electron chi connectivity index (χ2n) is 5.07. The van der Waals surface area contributed by atoms with E-state index in [1.807, 2.05) is 6.26 Å². The van der Waals surface area contributed by atoms with E-state index in [4.69, 9.17) is 0 Å². The number of carbonyl (C=O) groups excluding carboxylic acids is 1. The van der Waals surface area contributed by atoms with Crippen molar-refractivity contribution in [3.8, 4) is 0 Å². The predicted molar refractivity (Wildman–Crippen MR) is 73.4 cm³/mol. The van der Waals surface area contributed by atoms with Crippen LogP contribution in [0.15, 0.2) is 0 Å². The second-order valence-corrected chi connectivity index (χ2v) is 5.93. The van der Waals surface area contributed by atoms with Crippen molar-refractivity contribution in [3.63, 3.8) is 0 Å². The van der Waals surface area contributed by atoms with Crippen molar-refractivity contribution in [3.05, 3.63) is 0 Å². The lowest BCUT2D eigenvalue weighted by atomic mass is 10.0. The average Bonchev–Trinajstić information content (AvgIpc) is 2.97. The summed E-state index contributed by atoms with van der Waals surface area (Å²) in [5.74, 6) is 0.998. The van der Waals surface area contributed by atoms with Crippen LogP contribution in [0.2, 0.25) is 0 Å². The lowest BCUT2D eigenvalue weighted by molar-refractivity contribution is -0.130. The summed E-state index contributed by atoms with van der Waals surface area (Å²) in [4.78, 5) is 16.8. The van der Waals surface area contributed by atoms with Crippen LogP contribution < -0.4 is 0 Å². The van der Waals surface area contributed by atoms with E-state index in [1.165, 1.54) is 32.2 Å². The zero-order valence-corrected chi connectivity index (χ0v) is 11.8. The van der Waals surface area contributed by atoms with Crippen LogP contribution in [0.4, 0.5) is 0 Å². The predicted octanol–water partition coefficient (Wildman–Crippen LogP) is 1.82. The number of amides is 1. The summed E-state index contributed by atoms with van der Waals surface area (Å²) in [6.07, 6.45) is 7.00. The van der Waals surface area contributed by atoms with Crippen molar-refractivity contribution in [1.82, 2.24) is 9.80 Å². The van der Waals surface area contributed by atoms with Crippen LogP contribution in [-0.4, -0.2) is 59.4 Å². The molecular weight excluding hydrogens is 232 g/mol. The van der Waals surface area contributed by atoms with Crippen molar-refractivity contribution in [2.24, 2.45) is 0 Å². The molecule has 2 aliphatic rings. The van der Waals surface area contributed by atoms with Crippen LogP contribution in [0.25, 0.3) is 0 Å². The van der Waals surface area contributed by atoms with Crippen LogP contribution in [-0.2, 0) is 4.79 Å². The maximum atomic E-state index is 12.1. The van der Waals surface area contributed by atoms with Crippen LogP contribution in [0.3, 0.4) is 0 Å². The fraction of sp³-hybridized carbons (Fsp3) is 0.923. The van der Waals surface area contributed by atoms with Gasteiger partial charge in [0.15, 0.2) is 0 Å². The largest absolute Gasteiger partial charge is 0.337 e. The minimum Gasteiger partial charge on any atom is -0.337 e. The van der Waals surface area contributed by atoms with Gasteiger partial charge in [0, 0.05) is 18.6 Å². The second kappa shape index (κ2) is 6.10. The van der Waals surface area contributed by atoms with Gasteiger partial charge in [0.1, 0.15) is 0 Å². The van der Waals surface area contributed by atoms with E-state index in [0.29, 0.717) is 23.7 Å². The minimum atomic E-state index is 0.350. The Bertz CT molecular complexity index is 272. The molecule has 1 amide bonds. The quantitative estimate of drug-likeness (QED) is 0.766. The molecule has 98 valence electrons. The highest BCUT2D eigenvalue weighted by molar-refractivity contribution is 7.99. The fourth-order valence-electron chi connectivity index (χ4n) is 3.39. The molecule has 0 N–H and O–H groups in total. The van der Waals surface area contributed by atoms with E-state index in [1.54, 1.807) is 11.8 Å². The first-order valence-corrected chi connectivity index (χ1v) is 8.19. The van der Waals surface area contributed by atoms with Crippen molar-refractivity contribution in [2.75, 3.05) is 31.6 Å². The molecular formula is C13H24N2OS. The first-order chi connectivity index (χ1) is 8.27. The molecule has 0 aliphatic carbocycles. The van der Waals surface area contributed by atoms with Gasteiger partial charge < -0.3 is 4.90 Å². The fourth-order valence-corrected chi connectivity index (χ4v) is 3.80. The van der Waals surface area contributed by atoms with Crippen molar-refractivity contribution in [1.29, 1.82) is 0 Å².